The molecule has 61 heavy (non-hydrogen) atoms. The monoisotopic (exact) mass is 878 g/mol. The molecule has 1 heterocycles. The van der Waals surface area contributed by atoms with Crippen molar-refractivity contribution in [3.05, 3.63) is 60.8 Å². The van der Waals surface area contributed by atoms with Crippen molar-refractivity contribution in [2.45, 2.75) is 199 Å². The molecular weight excluding hydrogens is 790 g/mol. The maximum absolute atomic E-state index is 12.8. The van der Waals surface area contributed by atoms with Gasteiger partial charge in [-0.3, -0.25) is 14.2 Å². The Morgan fingerprint density at radius 2 is 1.10 bits per heavy atom. The second-order valence-corrected chi connectivity index (χ2v) is 18.9. The Hall–Kier alpha value is -2.33. The van der Waals surface area contributed by atoms with Crippen LogP contribution in [0.2, 0.25) is 0 Å². The van der Waals surface area contributed by atoms with Gasteiger partial charge in [-0.15, -0.1) is 0 Å². The topological polar surface area (TPSA) is 124 Å². The number of esters is 2. The largest absolute Gasteiger partial charge is 0.756 e. The Bertz CT molecular complexity index is 1290. The van der Waals surface area contributed by atoms with Crippen molar-refractivity contribution in [2.24, 2.45) is 0 Å². The van der Waals surface area contributed by atoms with Gasteiger partial charge in [-0.1, -0.05) is 145 Å². The van der Waals surface area contributed by atoms with Crippen molar-refractivity contribution in [1.82, 2.24) is 0 Å². The number of rotatable bonds is 42. The number of hydrogen-bond acceptors (Lipinski definition) is 9. The Morgan fingerprint density at radius 1 is 0.607 bits per heavy atom. The molecule has 1 aliphatic rings. The molecule has 4 atom stereocenters. The molecule has 0 bridgehead atoms. The van der Waals surface area contributed by atoms with E-state index >= 15 is 0 Å². The highest BCUT2D eigenvalue weighted by Crippen LogP contribution is 2.38. The summed E-state index contributed by atoms with van der Waals surface area (Å²) in [4.78, 5) is 37.8. The summed E-state index contributed by atoms with van der Waals surface area (Å²) in [6, 6.07) is 0. The summed E-state index contributed by atoms with van der Waals surface area (Å²) in [7, 11) is 1.11. The number of epoxide rings is 1. The Kier molecular flexibility index (Phi) is 35.5. The fourth-order valence-corrected chi connectivity index (χ4v) is 7.26. The van der Waals surface area contributed by atoms with E-state index in [9.17, 15) is 19.0 Å². The third kappa shape index (κ3) is 39.0. The number of phosphoric acid groups is 1. The summed E-state index contributed by atoms with van der Waals surface area (Å²) < 4.78 is 39.8. The number of quaternary nitrogens is 1. The number of phosphoric ester groups is 1. The van der Waals surface area contributed by atoms with Gasteiger partial charge in [-0.25, -0.2) is 0 Å². The van der Waals surface area contributed by atoms with E-state index in [1.165, 1.54) is 77.0 Å². The van der Waals surface area contributed by atoms with Gasteiger partial charge in [0, 0.05) is 12.8 Å². The van der Waals surface area contributed by atoms with Crippen LogP contribution < -0.4 is 4.89 Å². The van der Waals surface area contributed by atoms with Crippen LogP contribution in [0.3, 0.4) is 0 Å². The van der Waals surface area contributed by atoms with Gasteiger partial charge in [0.05, 0.1) is 40.0 Å². The van der Waals surface area contributed by atoms with Gasteiger partial charge in [0.25, 0.3) is 7.82 Å². The summed E-state index contributed by atoms with van der Waals surface area (Å²) in [6.45, 7) is 4.08. The first-order valence-electron chi connectivity index (χ1n) is 24.1. The lowest BCUT2D eigenvalue weighted by molar-refractivity contribution is -0.870. The van der Waals surface area contributed by atoms with Crippen LogP contribution >= 0.6 is 7.82 Å². The maximum atomic E-state index is 12.8. The van der Waals surface area contributed by atoms with E-state index in [0.29, 0.717) is 23.9 Å². The van der Waals surface area contributed by atoms with Gasteiger partial charge < -0.3 is 32.6 Å². The highest BCUT2D eigenvalue weighted by Gasteiger charge is 2.36. The number of carbonyl (C=O) groups excluding carboxylic acids is 2. The zero-order valence-corrected chi connectivity index (χ0v) is 40.2. The fourth-order valence-electron chi connectivity index (χ4n) is 6.54. The van der Waals surface area contributed by atoms with Gasteiger partial charge in [-0.2, -0.15) is 0 Å². The molecule has 1 fully saturated rings. The molecule has 0 saturated carbocycles. The van der Waals surface area contributed by atoms with Gasteiger partial charge >= 0.3 is 11.9 Å². The first-order chi connectivity index (χ1) is 29.5. The van der Waals surface area contributed by atoms with E-state index in [1.807, 2.05) is 21.1 Å². The van der Waals surface area contributed by atoms with Crippen molar-refractivity contribution in [3.63, 3.8) is 0 Å². The minimum atomic E-state index is -4.66. The fraction of sp³-hybridized carbons (Fsp3) is 0.760. The molecule has 352 valence electrons. The molecule has 1 rings (SSSR count). The Balaban J connectivity index is 2.30. The number of unbranched alkanes of at least 4 members (excludes halogenated alkanes) is 15. The zero-order valence-electron chi connectivity index (χ0n) is 39.3. The molecule has 0 radical (unpaired) electrons. The molecule has 0 aromatic heterocycles. The van der Waals surface area contributed by atoms with Crippen molar-refractivity contribution in [1.29, 1.82) is 0 Å². The average Bonchev–Trinajstić information content (AvgIpc) is 3.97. The molecule has 11 heteroatoms. The number of ether oxygens (including phenoxy) is 3. The summed E-state index contributed by atoms with van der Waals surface area (Å²) in [5.74, 6) is -0.917. The first-order valence-corrected chi connectivity index (χ1v) is 25.6. The van der Waals surface area contributed by atoms with Crippen LogP contribution in [-0.2, 0) is 37.4 Å². The molecule has 0 aromatic carbocycles. The summed E-state index contributed by atoms with van der Waals surface area (Å²) in [5.41, 5.74) is 0. The normalized spacial score (nSPS) is 17.3. The molecule has 0 spiro atoms. The standard InChI is InChI=1S/C50H88NO9P/c1-6-8-10-12-14-16-18-20-21-22-23-24-25-26-28-30-32-34-36-40-49(52)56-44-46(45-58-61(54,55)57-43-42-51(3,4)5)59-50(53)41-37-39-48-47(60-48)38-35-33-31-29-27-19-17-15-13-11-9-7-2/h14-17,20-21,27,29,33,35,46-48H,6-13,18-19,22-26,28,30-32,34,36-45H2,1-5H3/b16-14-,17-15-,21-20-,29-27-,35-33-/t46-,47?,48?/m1/s1. The number of hydrogen-bond donors (Lipinski definition) is 0. The number of nitrogens with zero attached hydrogens (tertiary/aromatic N) is 1. The van der Waals surface area contributed by atoms with Crippen molar-refractivity contribution >= 4 is 19.8 Å². The van der Waals surface area contributed by atoms with Crippen LogP contribution in [-0.4, -0.2) is 82.2 Å². The first kappa shape index (κ1) is 56.7. The molecule has 0 aliphatic carbocycles. The molecule has 3 unspecified atom stereocenters. The van der Waals surface area contributed by atoms with Crippen LogP contribution in [0.5, 0.6) is 0 Å². The maximum Gasteiger partial charge on any atom is 0.306 e. The van der Waals surface area contributed by atoms with E-state index < -0.39 is 32.5 Å². The zero-order chi connectivity index (χ0) is 44.7. The van der Waals surface area contributed by atoms with Crippen LogP contribution in [0, 0.1) is 0 Å². The van der Waals surface area contributed by atoms with E-state index in [-0.39, 0.29) is 38.3 Å². The van der Waals surface area contributed by atoms with Crippen molar-refractivity contribution in [3.8, 4) is 0 Å². The van der Waals surface area contributed by atoms with E-state index in [4.69, 9.17) is 23.3 Å². The number of carbonyl (C=O) groups is 2. The van der Waals surface area contributed by atoms with Crippen LogP contribution in [0.1, 0.15) is 181 Å². The van der Waals surface area contributed by atoms with E-state index in [0.717, 1.165) is 64.2 Å². The molecular formula is C50H88NO9P. The summed E-state index contributed by atoms with van der Waals surface area (Å²) in [6.07, 6.45) is 48.3. The number of likely N-dealkylation sites (N-methyl/N-ethyl adjacent to an activating group) is 1. The minimum absolute atomic E-state index is 0.0481. The predicted molar refractivity (Wildman–Crippen MR) is 249 cm³/mol. The molecule has 0 amide bonds. The highest BCUT2D eigenvalue weighted by atomic mass is 31.2. The lowest BCUT2D eigenvalue weighted by atomic mass is 10.1. The van der Waals surface area contributed by atoms with E-state index in [2.05, 4.69) is 74.6 Å². The van der Waals surface area contributed by atoms with Crippen molar-refractivity contribution in [2.75, 3.05) is 47.5 Å². The second-order valence-electron chi connectivity index (χ2n) is 17.5. The lowest BCUT2D eigenvalue weighted by Crippen LogP contribution is -2.37. The van der Waals surface area contributed by atoms with Gasteiger partial charge in [-0.05, 0) is 83.5 Å². The average molecular weight is 878 g/mol. The molecule has 1 saturated heterocycles. The van der Waals surface area contributed by atoms with Gasteiger partial charge in [0.2, 0.25) is 0 Å². The number of allylic oxidation sites excluding steroid dienone is 9. The van der Waals surface area contributed by atoms with Gasteiger partial charge in [0.15, 0.2) is 6.10 Å². The second kappa shape index (κ2) is 38.2. The third-order valence-corrected chi connectivity index (χ3v) is 11.4. The van der Waals surface area contributed by atoms with Gasteiger partial charge in [0.1, 0.15) is 19.8 Å². The van der Waals surface area contributed by atoms with Crippen LogP contribution in [0.25, 0.3) is 0 Å². The minimum Gasteiger partial charge on any atom is -0.756 e. The van der Waals surface area contributed by atoms with Crippen molar-refractivity contribution < 1.29 is 46.8 Å². The molecule has 10 nitrogen and oxygen atoms in total. The summed E-state index contributed by atoms with van der Waals surface area (Å²) in [5, 5.41) is 0. The predicted octanol–water partition coefficient (Wildman–Crippen LogP) is 12.4. The molecule has 1 aliphatic heterocycles. The Morgan fingerprint density at radius 3 is 1.66 bits per heavy atom. The SMILES string of the molecule is CCCCC/C=C\C/C=C\C/C=C\CC1OC1CCCC(=O)O[C@H](COC(=O)CCCCCCCCCCC/C=C\C/C=C\CCCCC)COP(=O)([O-])OCC[N+](C)(C)C. The van der Waals surface area contributed by atoms with Crippen LogP contribution in [0.4, 0.5) is 0 Å². The molecule has 0 aromatic rings. The summed E-state index contributed by atoms with van der Waals surface area (Å²) >= 11 is 0. The van der Waals surface area contributed by atoms with Crippen LogP contribution in [0.15, 0.2) is 60.8 Å². The highest BCUT2D eigenvalue weighted by molar-refractivity contribution is 7.45. The smallest absolute Gasteiger partial charge is 0.306 e. The third-order valence-electron chi connectivity index (χ3n) is 10.4. The van der Waals surface area contributed by atoms with E-state index in [1.54, 1.807) is 0 Å². The molecule has 0 N–H and O–H groups in total. The Labute approximate surface area is 372 Å². The quantitative estimate of drug-likeness (QED) is 0.0147. The lowest BCUT2D eigenvalue weighted by Gasteiger charge is -2.28.